The third-order valence-corrected chi connectivity index (χ3v) is 4.07. The van der Waals surface area contributed by atoms with E-state index in [1.807, 2.05) is 0 Å². The highest BCUT2D eigenvalue weighted by Gasteiger charge is 2.44. The van der Waals surface area contributed by atoms with Gasteiger partial charge < -0.3 is 15.0 Å². The third-order valence-electron chi connectivity index (χ3n) is 4.07. The second-order valence-electron chi connectivity index (χ2n) is 5.89. The lowest BCUT2D eigenvalue weighted by Crippen LogP contribution is -2.63. The molecule has 1 saturated heterocycles. The predicted octanol–water partition coefficient (Wildman–Crippen LogP) is 0.683. The van der Waals surface area contributed by atoms with Gasteiger partial charge >= 0.3 is 0 Å². The number of amides is 2. The number of nitrogens with one attached hydrogen (secondary N) is 1. The van der Waals surface area contributed by atoms with Crippen LogP contribution in [0.5, 0.6) is 0 Å². The molecule has 2 amide bonds. The fourth-order valence-electron chi connectivity index (χ4n) is 2.51. The van der Waals surface area contributed by atoms with Crippen LogP contribution in [0.2, 0.25) is 0 Å². The molecule has 1 aliphatic carbocycles. The maximum atomic E-state index is 12.3. The first-order valence-electron chi connectivity index (χ1n) is 6.57. The van der Waals surface area contributed by atoms with Crippen molar-refractivity contribution in [3.05, 3.63) is 0 Å². The molecule has 2 fully saturated rings. The first-order valence-corrected chi connectivity index (χ1v) is 6.57. The van der Waals surface area contributed by atoms with Gasteiger partial charge in [0, 0.05) is 19.0 Å². The van der Waals surface area contributed by atoms with Crippen LogP contribution in [0.15, 0.2) is 0 Å². The number of carbonyl (C=O) groups is 2. The van der Waals surface area contributed by atoms with E-state index < -0.39 is 5.60 Å². The molecule has 0 unspecified atom stereocenters. The Morgan fingerprint density at radius 2 is 1.94 bits per heavy atom. The Kier molecular flexibility index (Phi) is 3.36. The lowest BCUT2D eigenvalue weighted by Gasteiger charge is -2.44. The Balaban J connectivity index is 2.00. The van der Waals surface area contributed by atoms with E-state index in [2.05, 4.69) is 12.2 Å². The molecule has 1 aliphatic heterocycles. The first-order chi connectivity index (χ1) is 8.35. The van der Waals surface area contributed by atoms with E-state index in [0.717, 1.165) is 19.3 Å². The summed E-state index contributed by atoms with van der Waals surface area (Å²) in [5.41, 5.74) is -0.996. The van der Waals surface area contributed by atoms with Crippen LogP contribution in [0.1, 0.15) is 40.0 Å². The molecule has 18 heavy (non-hydrogen) atoms. The zero-order chi connectivity index (χ0) is 13.4. The molecule has 1 heterocycles. The standard InChI is InChI=1S/C13H22N2O3/c1-10(16)15-7-8-18-13(3,9-15)11(17)14-12(2)5-4-6-12/h4-9H2,1-3H3,(H,14,17)/t13-/m0/s1. The number of rotatable bonds is 2. The van der Waals surface area contributed by atoms with Gasteiger partial charge in [0.05, 0.1) is 13.2 Å². The van der Waals surface area contributed by atoms with Crippen LogP contribution in [-0.2, 0) is 14.3 Å². The fourth-order valence-corrected chi connectivity index (χ4v) is 2.51. The zero-order valence-corrected chi connectivity index (χ0v) is 11.4. The molecule has 0 bridgehead atoms. The summed E-state index contributed by atoms with van der Waals surface area (Å²) >= 11 is 0. The normalized spacial score (nSPS) is 30.5. The molecule has 102 valence electrons. The van der Waals surface area contributed by atoms with Gasteiger partial charge in [0.15, 0.2) is 5.60 Å². The largest absolute Gasteiger partial charge is 0.362 e. The predicted molar refractivity (Wildman–Crippen MR) is 67.0 cm³/mol. The van der Waals surface area contributed by atoms with Crippen LogP contribution < -0.4 is 5.32 Å². The van der Waals surface area contributed by atoms with E-state index in [0.29, 0.717) is 19.7 Å². The van der Waals surface area contributed by atoms with Crippen LogP contribution in [0.25, 0.3) is 0 Å². The maximum absolute atomic E-state index is 12.3. The van der Waals surface area contributed by atoms with Gasteiger partial charge in [0.1, 0.15) is 0 Å². The van der Waals surface area contributed by atoms with Crippen molar-refractivity contribution in [2.24, 2.45) is 0 Å². The van der Waals surface area contributed by atoms with Gasteiger partial charge in [-0.2, -0.15) is 0 Å². The highest BCUT2D eigenvalue weighted by atomic mass is 16.5. The summed E-state index contributed by atoms with van der Waals surface area (Å²) in [6.07, 6.45) is 3.20. The highest BCUT2D eigenvalue weighted by Crippen LogP contribution is 2.32. The van der Waals surface area contributed by atoms with Crippen molar-refractivity contribution in [1.29, 1.82) is 0 Å². The molecule has 1 atom stereocenters. The molecule has 0 aromatic carbocycles. The lowest BCUT2D eigenvalue weighted by atomic mass is 9.78. The minimum absolute atomic E-state index is 0.00724. The van der Waals surface area contributed by atoms with Gasteiger partial charge in [-0.25, -0.2) is 0 Å². The van der Waals surface area contributed by atoms with Crippen molar-refractivity contribution in [1.82, 2.24) is 10.2 Å². The minimum Gasteiger partial charge on any atom is -0.362 e. The number of morpholine rings is 1. The summed E-state index contributed by atoms with van der Waals surface area (Å²) in [7, 11) is 0. The van der Waals surface area contributed by atoms with Crippen molar-refractivity contribution < 1.29 is 14.3 Å². The van der Waals surface area contributed by atoms with Gasteiger partial charge in [-0.3, -0.25) is 9.59 Å². The number of nitrogens with zero attached hydrogens (tertiary/aromatic N) is 1. The molecular formula is C13H22N2O3. The zero-order valence-electron chi connectivity index (χ0n) is 11.4. The smallest absolute Gasteiger partial charge is 0.254 e. The van der Waals surface area contributed by atoms with E-state index in [1.54, 1.807) is 11.8 Å². The third kappa shape index (κ3) is 2.51. The summed E-state index contributed by atoms with van der Waals surface area (Å²) in [4.78, 5) is 25.4. The second kappa shape index (κ2) is 4.53. The SMILES string of the molecule is CC(=O)N1CCO[C@](C)(C(=O)NC2(C)CCC2)C1. The van der Waals surface area contributed by atoms with E-state index in [-0.39, 0.29) is 17.4 Å². The Hall–Kier alpha value is -1.10. The quantitative estimate of drug-likeness (QED) is 0.788. The fraction of sp³-hybridized carbons (Fsp3) is 0.846. The monoisotopic (exact) mass is 254 g/mol. The Morgan fingerprint density at radius 3 is 2.44 bits per heavy atom. The van der Waals surface area contributed by atoms with E-state index in [9.17, 15) is 9.59 Å². The number of ether oxygens (including phenoxy) is 1. The average Bonchev–Trinajstić information content (AvgIpc) is 2.26. The van der Waals surface area contributed by atoms with E-state index in [4.69, 9.17) is 4.74 Å². The summed E-state index contributed by atoms with van der Waals surface area (Å²) < 4.78 is 5.62. The van der Waals surface area contributed by atoms with Crippen LogP contribution in [-0.4, -0.2) is 47.6 Å². The number of hydrogen-bond acceptors (Lipinski definition) is 3. The van der Waals surface area contributed by atoms with E-state index in [1.165, 1.54) is 6.92 Å². The summed E-state index contributed by atoms with van der Waals surface area (Å²) in [5, 5.41) is 3.06. The van der Waals surface area contributed by atoms with Crippen molar-refractivity contribution in [3.63, 3.8) is 0 Å². The molecule has 0 aromatic rings. The first kappa shape index (κ1) is 13.3. The van der Waals surface area contributed by atoms with Gasteiger partial charge in [-0.05, 0) is 33.1 Å². The van der Waals surface area contributed by atoms with Crippen molar-refractivity contribution in [2.75, 3.05) is 19.7 Å². The minimum atomic E-state index is -0.914. The number of carbonyl (C=O) groups excluding carboxylic acids is 2. The lowest BCUT2D eigenvalue weighted by molar-refractivity contribution is -0.164. The molecule has 5 heteroatoms. The summed E-state index contributed by atoms with van der Waals surface area (Å²) in [6.45, 7) is 6.67. The van der Waals surface area contributed by atoms with Crippen molar-refractivity contribution in [3.8, 4) is 0 Å². The van der Waals surface area contributed by atoms with Crippen LogP contribution in [0, 0.1) is 0 Å². The van der Waals surface area contributed by atoms with Gasteiger partial charge in [-0.15, -0.1) is 0 Å². The van der Waals surface area contributed by atoms with Crippen LogP contribution in [0.3, 0.4) is 0 Å². The second-order valence-corrected chi connectivity index (χ2v) is 5.89. The molecule has 1 saturated carbocycles. The van der Waals surface area contributed by atoms with Gasteiger partial charge in [0.25, 0.3) is 5.91 Å². The number of hydrogen-bond donors (Lipinski definition) is 1. The maximum Gasteiger partial charge on any atom is 0.254 e. The molecule has 0 radical (unpaired) electrons. The van der Waals surface area contributed by atoms with Crippen LogP contribution >= 0.6 is 0 Å². The van der Waals surface area contributed by atoms with Gasteiger partial charge in [-0.1, -0.05) is 0 Å². The summed E-state index contributed by atoms with van der Waals surface area (Å²) in [5.74, 6) is -0.108. The molecule has 0 spiro atoms. The van der Waals surface area contributed by atoms with Gasteiger partial charge in [0.2, 0.25) is 5.91 Å². The Bertz CT molecular complexity index is 365. The molecular weight excluding hydrogens is 232 g/mol. The molecule has 5 nitrogen and oxygen atoms in total. The Morgan fingerprint density at radius 1 is 1.28 bits per heavy atom. The van der Waals surface area contributed by atoms with Crippen molar-refractivity contribution >= 4 is 11.8 Å². The molecule has 2 rings (SSSR count). The highest BCUT2D eigenvalue weighted by molar-refractivity contribution is 5.87. The molecule has 0 aromatic heterocycles. The molecule has 1 N–H and O–H groups in total. The van der Waals surface area contributed by atoms with Crippen molar-refractivity contribution in [2.45, 2.75) is 51.2 Å². The van der Waals surface area contributed by atoms with Crippen LogP contribution in [0.4, 0.5) is 0 Å². The topological polar surface area (TPSA) is 58.6 Å². The van der Waals surface area contributed by atoms with E-state index >= 15 is 0 Å². The average molecular weight is 254 g/mol. The Labute approximate surface area is 108 Å². The summed E-state index contributed by atoms with van der Waals surface area (Å²) in [6, 6.07) is 0. The molecule has 2 aliphatic rings.